The van der Waals surface area contributed by atoms with E-state index in [0.29, 0.717) is 5.92 Å². The van der Waals surface area contributed by atoms with Crippen LogP contribution in [0.2, 0.25) is 0 Å². The Balaban J connectivity index is 1.41. The number of thiazole rings is 1. The van der Waals surface area contributed by atoms with E-state index in [9.17, 15) is 0 Å². The summed E-state index contributed by atoms with van der Waals surface area (Å²) in [6.07, 6.45) is 3.55. The molecule has 0 amide bonds. The summed E-state index contributed by atoms with van der Waals surface area (Å²) in [7, 11) is 3.99. The highest BCUT2D eigenvalue weighted by molar-refractivity contribution is 7.09. The van der Waals surface area contributed by atoms with Crippen LogP contribution in [0, 0.1) is 12.8 Å². The van der Waals surface area contributed by atoms with Crippen molar-refractivity contribution in [2.45, 2.75) is 46.2 Å². The highest BCUT2D eigenvalue weighted by Gasteiger charge is 2.20. The molecule has 1 fully saturated rings. The highest BCUT2D eigenvalue weighted by atomic mass is 32.1. The lowest BCUT2D eigenvalue weighted by atomic mass is 9.97. The van der Waals surface area contributed by atoms with Crippen molar-refractivity contribution in [1.82, 2.24) is 20.1 Å². The van der Waals surface area contributed by atoms with Gasteiger partial charge in [0, 0.05) is 39.1 Å². The predicted octanol–water partition coefficient (Wildman–Crippen LogP) is 3.93. The molecule has 1 aliphatic heterocycles. The second-order valence-corrected chi connectivity index (χ2v) is 9.09. The highest BCUT2D eigenvalue weighted by Crippen LogP contribution is 2.19. The van der Waals surface area contributed by atoms with Gasteiger partial charge in [0.1, 0.15) is 0 Å². The summed E-state index contributed by atoms with van der Waals surface area (Å²) in [5, 5.41) is 6.95. The quantitative estimate of drug-likeness (QED) is 0.552. The van der Waals surface area contributed by atoms with Crippen LogP contribution in [0.25, 0.3) is 0 Å². The molecule has 6 heteroatoms. The van der Waals surface area contributed by atoms with Crippen LogP contribution in [0.5, 0.6) is 0 Å². The molecule has 1 aromatic heterocycles. The van der Waals surface area contributed by atoms with Crippen LogP contribution in [-0.2, 0) is 19.5 Å². The number of hydrogen-bond donors (Lipinski definition) is 1. The molecule has 3 rings (SSSR count). The van der Waals surface area contributed by atoms with E-state index < -0.39 is 0 Å². The minimum absolute atomic E-state index is 0.706. The van der Waals surface area contributed by atoms with E-state index >= 15 is 0 Å². The average molecular weight is 414 g/mol. The van der Waals surface area contributed by atoms with Crippen LogP contribution in [0.1, 0.15) is 41.6 Å². The lowest BCUT2D eigenvalue weighted by Gasteiger charge is -2.32. The Morgan fingerprint density at radius 1 is 1.24 bits per heavy atom. The van der Waals surface area contributed by atoms with Gasteiger partial charge in [0.2, 0.25) is 0 Å². The van der Waals surface area contributed by atoms with E-state index in [4.69, 9.17) is 0 Å². The van der Waals surface area contributed by atoms with Crippen molar-refractivity contribution < 1.29 is 0 Å². The predicted molar refractivity (Wildman–Crippen MR) is 124 cm³/mol. The topological polar surface area (TPSA) is 43.8 Å². The normalized spacial score (nSPS) is 16.2. The summed E-state index contributed by atoms with van der Waals surface area (Å²) in [5.41, 5.74) is 3.92. The number of hydrogen-bond acceptors (Lipinski definition) is 4. The SMILES string of the molecule is CCc1ccc(CN(C)C(=NC)NCC2CCN(Cc3csc(C)n3)CC2)cc1. The third-order valence-electron chi connectivity index (χ3n) is 5.73. The van der Waals surface area contributed by atoms with Crippen molar-refractivity contribution in [3.63, 3.8) is 0 Å². The first kappa shape index (κ1) is 21.8. The molecule has 1 saturated heterocycles. The fraction of sp³-hybridized carbons (Fsp3) is 0.565. The number of rotatable bonds is 7. The van der Waals surface area contributed by atoms with Crippen LogP contribution in [0.4, 0.5) is 0 Å². The maximum Gasteiger partial charge on any atom is 0.193 e. The molecule has 5 nitrogen and oxygen atoms in total. The van der Waals surface area contributed by atoms with Crippen LogP contribution < -0.4 is 5.32 Å². The summed E-state index contributed by atoms with van der Waals surface area (Å²) in [4.78, 5) is 13.8. The first-order valence-electron chi connectivity index (χ1n) is 10.7. The Labute approximate surface area is 179 Å². The molecule has 0 bridgehead atoms. The van der Waals surface area contributed by atoms with Crippen molar-refractivity contribution >= 4 is 17.3 Å². The first-order chi connectivity index (χ1) is 14.1. The van der Waals surface area contributed by atoms with Crippen LogP contribution >= 0.6 is 11.3 Å². The Hall–Kier alpha value is -1.92. The smallest absolute Gasteiger partial charge is 0.193 e. The van der Waals surface area contributed by atoms with E-state index in [0.717, 1.165) is 50.1 Å². The first-order valence-corrected chi connectivity index (χ1v) is 11.6. The fourth-order valence-corrected chi connectivity index (χ4v) is 4.51. The summed E-state index contributed by atoms with van der Waals surface area (Å²) < 4.78 is 0. The average Bonchev–Trinajstić information content (AvgIpc) is 3.15. The number of aliphatic imine (C=N–C) groups is 1. The molecule has 2 heterocycles. The third-order valence-corrected chi connectivity index (χ3v) is 6.55. The number of aryl methyl sites for hydroxylation is 2. The minimum atomic E-state index is 0.706. The van der Waals surface area contributed by atoms with Gasteiger partial charge in [-0.05, 0) is 56.3 Å². The van der Waals surface area contributed by atoms with Gasteiger partial charge in [-0.3, -0.25) is 9.89 Å². The van der Waals surface area contributed by atoms with Gasteiger partial charge in [0.15, 0.2) is 5.96 Å². The van der Waals surface area contributed by atoms with Gasteiger partial charge < -0.3 is 10.2 Å². The van der Waals surface area contributed by atoms with Crippen LogP contribution in [-0.4, -0.2) is 54.5 Å². The Kier molecular flexibility index (Phi) is 8.07. The van der Waals surface area contributed by atoms with Gasteiger partial charge in [0.05, 0.1) is 10.7 Å². The molecule has 29 heavy (non-hydrogen) atoms. The van der Waals surface area contributed by atoms with E-state index in [1.165, 1.54) is 29.7 Å². The molecule has 0 saturated carbocycles. The lowest BCUT2D eigenvalue weighted by Crippen LogP contribution is -2.43. The molecule has 158 valence electrons. The van der Waals surface area contributed by atoms with Gasteiger partial charge >= 0.3 is 0 Å². The fourth-order valence-electron chi connectivity index (χ4n) is 3.91. The van der Waals surface area contributed by atoms with Gasteiger partial charge in [0.25, 0.3) is 0 Å². The summed E-state index contributed by atoms with van der Waals surface area (Å²) in [5.74, 6) is 1.68. The third kappa shape index (κ3) is 6.54. The standard InChI is InChI=1S/C23H35N5S/c1-5-19-6-8-21(9-7-19)15-27(4)23(24-3)25-14-20-10-12-28(13-11-20)16-22-17-29-18(2)26-22/h6-9,17,20H,5,10-16H2,1-4H3,(H,24,25). The molecule has 0 atom stereocenters. The summed E-state index contributed by atoms with van der Waals surface area (Å²) >= 11 is 1.75. The van der Waals surface area contributed by atoms with Crippen molar-refractivity contribution in [3.8, 4) is 0 Å². The molecule has 0 spiro atoms. The van der Waals surface area contributed by atoms with Gasteiger partial charge in [-0.2, -0.15) is 0 Å². The zero-order chi connectivity index (χ0) is 20.6. The number of nitrogens with zero attached hydrogens (tertiary/aromatic N) is 4. The monoisotopic (exact) mass is 413 g/mol. The molecule has 0 radical (unpaired) electrons. The molecule has 0 unspecified atom stereocenters. The largest absolute Gasteiger partial charge is 0.356 e. The minimum Gasteiger partial charge on any atom is -0.356 e. The molecule has 2 aromatic rings. The van der Waals surface area contributed by atoms with E-state index in [-0.39, 0.29) is 0 Å². The molecule has 1 aliphatic rings. The van der Waals surface area contributed by atoms with Gasteiger partial charge in [-0.1, -0.05) is 31.2 Å². The zero-order valence-electron chi connectivity index (χ0n) is 18.3. The zero-order valence-corrected chi connectivity index (χ0v) is 19.1. The number of benzene rings is 1. The molecule has 1 aromatic carbocycles. The number of likely N-dealkylation sites (tertiary alicyclic amines) is 1. The van der Waals surface area contributed by atoms with Crippen molar-refractivity contribution in [2.75, 3.05) is 33.7 Å². The van der Waals surface area contributed by atoms with Gasteiger partial charge in [-0.25, -0.2) is 4.98 Å². The molecular formula is C23H35N5S. The van der Waals surface area contributed by atoms with E-state index in [1.807, 2.05) is 7.05 Å². The Morgan fingerprint density at radius 2 is 1.93 bits per heavy atom. The molecule has 1 N–H and O–H groups in total. The number of nitrogens with one attached hydrogen (secondary N) is 1. The van der Waals surface area contributed by atoms with Crippen molar-refractivity contribution in [3.05, 3.63) is 51.5 Å². The number of guanidine groups is 1. The summed E-state index contributed by atoms with van der Waals surface area (Å²) in [6, 6.07) is 8.89. The van der Waals surface area contributed by atoms with Crippen LogP contribution in [0.15, 0.2) is 34.6 Å². The molecule has 0 aliphatic carbocycles. The van der Waals surface area contributed by atoms with E-state index in [1.54, 1.807) is 11.3 Å². The maximum atomic E-state index is 4.60. The second-order valence-electron chi connectivity index (χ2n) is 8.03. The van der Waals surface area contributed by atoms with Crippen molar-refractivity contribution in [1.29, 1.82) is 0 Å². The Bertz CT molecular complexity index is 775. The number of piperidine rings is 1. The van der Waals surface area contributed by atoms with Crippen molar-refractivity contribution in [2.24, 2.45) is 10.9 Å². The molecular weight excluding hydrogens is 378 g/mol. The summed E-state index contributed by atoms with van der Waals surface area (Å²) in [6.45, 7) is 9.44. The number of aromatic nitrogens is 1. The van der Waals surface area contributed by atoms with E-state index in [2.05, 4.69) is 75.6 Å². The Morgan fingerprint density at radius 3 is 2.52 bits per heavy atom. The lowest BCUT2D eigenvalue weighted by molar-refractivity contribution is 0.176. The maximum absolute atomic E-state index is 4.60. The second kappa shape index (κ2) is 10.7. The van der Waals surface area contributed by atoms with Crippen LogP contribution in [0.3, 0.4) is 0 Å². The van der Waals surface area contributed by atoms with Gasteiger partial charge in [-0.15, -0.1) is 11.3 Å².